The number of ether oxygens (including phenoxy) is 2. The zero-order valence-electron chi connectivity index (χ0n) is 14.3. The topological polar surface area (TPSA) is 76.1 Å². The maximum absolute atomic E-state index is 12.4. The van der Waals surface area contributed by atoms with E-state index in [1.165, 1.54) is 12.1 Å². The van der Waals surface area contributed by atoms with E-state index in [9.17, 15) is 14.7 Å². The van der Waals surface area contributed by atoms with Crippen molar-refractivity contribution in [2.75, 3.05) is 13.1 Å². The Morgan fingerprint density at radius 1 is 1.29 bits per heavy atom. The number of phenolic OH excluding ortho intramolecular Hbond substituents is 1. The van der Waals surface area contributed by atoms with Gasteiger partial charge >= 0.3 is 6.09 Å². The van der Waals surface area contributed by atoms with E-state index in [2.05, 4.69) is 0 Å². The highest BCUT2D eigenvalue weighted by Crippen LogP contribution is 2.40. The van der Waals surface area contributed by atoms with E-state index in [0.29, 0.717) is 43.7 Å². The van der Waals surface area contributed by atoms with Gasteiger partial charge in [-0.05, 0) is 32.9 Å². The second-order valence-electron chi connectivity index (χ2n) is 7.53. The van der Waals surface area contributed by atoms with E-state index in [1.807, 2.05) is 20.8 Å². The Labute approximate surface area is 141 Å². The van der Waals surface area contributed by atoms with E-state index in [1.54, 1.807) is 11.0 Å². The van der Waals surface area contributed by atoms with Gasteiger partial charge in [0.15, 0.2) is 5.78 Å². The SMILES string of the molecule is CC(C)(C)OC(=O)N1CCC2(CC1)CC(=O)c1ccc(O)cc1O2. The molecule has 3 rings (SSSR count). The molecule has 1 saturated heterocycles. The number of nitrogens with zero attached hydrogens (tertiary/aromatic N) is 1. The first-order chi connectivity index (χ1) is 11.2. The lowest BCUT2D eigenvalue weighted by Gasteiger charge is -2.43. The average Bonchev–Trinajstić information content (AvgIpc) is 2.45. The minimum Gasteiger partial charge on any atom is -0.508 e. The first kappa shape index (κ1) is 16.6. The van der Waals surface area contributed by atoms with E-state index in [0.717, 1.165) is 0 Å². The highest BCUT2D eigenvalue weighted by Gasteiger charge is 2.44. The van der Waals surface area contributed by atoms with Crippen molar-refractivity contribution in [3.05, 3.63) is 23.8 Å². The van der Waals surface area contributed by atoms with Gasteiger partial charge in [0.05, 0.1) is 12.0 Å². The molecule has 1 spiro atoms. The predicted octanol–water partition coefficient (Wildman–Crippen LogP) is 3.13. The summed E-state index contributed by atoms with van der Waals surface area (Å²) >= 11 is 0. The van der Waals surface area contributed by atoms with Crippen LogP contribution in [-0.4, -0.2) is 46.2 Å². The molecule has 0 bridgehead atoms. The van der Waals surface area contributed by atoms with Gasteiger partial charge in [0, 0.05) is 32.0 Å². The summed E-state index contributed by atoms with van der Waals surface area (Å²) in [5.41, 5.74) is -0.621. The molecule has 1 aromatic carbocycles. The minimum atomic E-state index is -0.601. The maximum atomic E-state index is 12.4. The molecule has 24 heavy (non-hydrogen) atoms. The van der Waals surface area contributed by atoms with Crippen LogP contribution in [0.25, 0.3) is 0 Å². The fourth-order valence-corrected chi connectivity index (χ4v) is 3.19. The lowest BCUT2D eigenvalue weighted by atomic mass is 9.82. The summed E-state index contributed by atoms with van der Waals surface area (Å²) in [5, 5.41) is 9.62. The molecule has 2 heterocycles. The van der Waals surface area contributed by atoms with Crippen molar-refractivity contribution in [2.24, 2.45) is 0 Å². The third-order valence-corrected chi connectivity index (χ3v) is 4.40. The molecule has 0 saturated carbocycles. The molecule has 0 radical (unpaired) electrons. The average molecular weight is 333 g/mol. The summed E-state index contributed by atoms with van der Waals surface area (Å²) < 4.78 is 11.5. The minimum absolute atomic E-state index is 0.0157. The van der Waals surface area contributed by atoms with E-state index >= 15 is 0 Å². The van der Waals surface area contributed by atoms with Gasteiger partial charge in [-0.1, -0.05) is 0 Å². The largest absolute Gasteiger partial charge is 0.508 e. The predicted molar refractivity (Wildman–Crippen MR) is 87.5 cm³/mol. The second kappa shape index (κ2) is 5.69. The van der Waals surface area contributed by atoms with E-state index < -0.39 is 11.2 Å². The van der Waals surface area contributed by atoms with Crippen molar-refractivity contribution in [3.8, 4) is 11.5 Å². The number of ketones is 1. The summed E-state index contributed by atoms with van der Waals surface area (Å²) in [6, 6.07) is 4.56. The van der Waals surface area contributed by atoms with Crippen LogP contribution in [0.4, 0.5) is 4.79 Å². The van der Waals surface area contributed by atoms with Gasteiger partial charge < -0.3 is 19.5 Å². The van der Waals surface area contributed by atoms with Gasteiger partial charge in [0.2, 0.25) is 0 Å². The number of hydrogen-bond acceptors (Lipinski definition) is 5. The molecular formula is C18H23NO5. The van der Waals surface area contributed by atoms with E-state index in [-0.39, 0.29) is 17.6 Å². The molecule has 0 atom stereocenters. The Morgan fingerprint density at radius 2 is 1.96 bits per heavy atom. The zero-order chi connectivity index (χ0) is 17.5. The number of amides is 1. The first-order valence-corrected chi connectivity index (χ1v) is 8.21. The number of benzene rings is 1. The number of fused-ring (bicyclic) bond motifs is 1. The maximum Gasteiger partial charge on any atom is 0.410 e. The Hall–Kier alpha value is -2.24. The number of phenols is 1. The number of carbonyl (C=O) groups excluding carboxylic acids is 2. The summed E-state index contributed by atoms with van der Waals surface area (Å²) in [7, 11) is 0. The fraction of sp³-hybridized carbons (Fsp3) is 0.556. The van der Waals surface area contributed by atoms with Gasteiger partial charge in [0.25, 0.3) is 0 Å². The van der Waals surface area contributed by atoms with Crippen LogP contribution < -0.4 is 4.74 Å². The van der Waals surface area contributed by atoms with E-state index in [4.69, 9.17) is 9.47 Å². The number of carbonyl (C=O) groups is 2. The number of piperidine rings is 1. The third kappa shape index (κ3) is 3.32. The van der Waals surface area contributed by atoms with Crippen LogP contribution in [0.3, 0.4) is 0 Å². The van der Waals surface area contributed by atoms with Gasteiger partial charge in [-0.25, -0.2) is 4.79 Å². The highest BCUT2D eigenvalue weighted by molar-refractivity contribution is 6.00. The number of aromatic hydroxyl groups is 1. The van der Waals surface area contributed by atoms with Crippen LogP contribution in [-0.2, 0) is 4.74 Å². The molecule has 1 fully saturated rings. The molecule has 0 aliphatic carbocycles. The molecule has 1 amide bonds. The smallest absolute Gasteiger partial charge is 0.410 e. The summed E-state index contributed by atoms with van der Waals surface area (Å²) in [6.45, 7) is 6.47. The Morgan fingerprint density at radius 3 is 2.58 bits per heavy atom. The molecule has 0 unspecified atom stereocenters. The lowest BCUT2D eigenvalue weighted by molar-refractivity contribution is -0.0226. The van der Waals surface area contributed by atoms with Crippen LogP contribution in [0.15, 0.2) is 18.2 Å². The third-order valence-electron chi connectivity index (χ3n) is 4.40. The van der Waals surface area contributed by atoms with Gasteiger partial charge in [-0.2, -0.15) is 0 Å². The van der Waals surface area contributed by atoms with Crippen LogP contribution >= 0.6 is 0 Å². The zero-order valence-corrected chi connectivity index (χ0v) is 14.3. The molecule has 1 aromatic rings. The monoisotopic (exact) mass is 333 g/mol. The molecule has 2 aliphatic rings. The Balaban J connectivity index is 1.70. The molecule has 6 nitrogen and oxygen atoms in total. The van der Waals surface area contributed by atoms with Crippen LogP contribution in [0.5, 0.6) is 11.5 Å². The molecule has 1 N–H and O–H groups in total. The number of likely N-dealkylation sites (tertiary alicyclic amines) is 1. The molecule has 130 valence electrons. The Kier molecular flexibility index (Phi) is 3.94. The van der Waals surface area contributed by atoms with Gasteiger partial charge in [-0.3, -0.25) is 4.79 Å². The van der Waals surface area contributed by atoms with Crippen molar-refractivity contribution in [2.45, 2.75) is 51.2 Å². The normalized spacial score (nSPS) is 19.6. The number of rotatable bonds is 0. The number of hydrogen-bond donors (Lipinski definition) is 1. The van der Waals surface area contributed by atoms with Crippen molar-refractivity contribution < 1.29 is 24.2 Å². The fourth-order valence-electron chi connectivity index (χ4n) is 3.19. The van der Waals surface area contributed by atoms with Crippen LogP contribution in [0.1, 0.15) is 50.4 Å². The first-order valence-electron chi connectivity index (χ1n) is 8.21. The quantitative estimate of drug-likeness (QED) is 0.789. The second-order valence-corrected chi connectivity index (χ2v) is 7.53. The highest BCUT2D eigenvalue weighted by atomic mass is 16.6. The van der Waals surface area contributed by atoms with Crippen LogP contribution in [0, 0.1) is 0 Å². The number of Topliss-reactive ketones (excluding diaryl/α,β-unsaturated/α-hetero) is 1. The summed E-state index contributed by atoms with van der Waals surface area (Å²) in [4.78, 5) is 26.2. The van der Waals surface area contributed by atoms with Crippen LogP contribution in [0.2, 0.25) is 0 Å². The summed E-state index contributed by atoms with van der Waals surface area (Å²) in [5.74, 6) is 0.517. The molecular weight excluding hydrogens is 310 g/mol. The summed E-state index contributed by atoms with van der Waals surface area (Å²) in [6.07, 6.45) is 1.09. The molecule has 6 heteroatoms. The Bertz CT molecular complexity index is 668. The molecule has 2 aliphatic heterocycles. The van der Waals surface area contributed by atoms with Crippen molar-refractivity contribution in [1.29, 1.82) is 0 Å². The lowest BCUT2D eigenvalue weighted by Crippen LogP contribution is -2.52. The molecule has 0 aromatic heterocycles. The van der Waals surface area contributed by atoms with Gasteiger partial charge in [-0.15, -0.1) is 0 Å². The van der Waals surface area contributed by atoms with Gasteiger partial charge in [0.1, 0.15) is 22.7 Å². The van der Waals surface area contributed by atoms with Crippen molar-refractivity contribution >= 4 is 11.9 Å². The standard InChI is InChI=1S/C18H23NO5/c1-17(2,3)24-16(22)19-8-6-18(7-9-19)11-14(21)13-5-4-12(20)10-15(13)23-18/h4-5,10,20H,6-9,11H2,1-3H3. The van der Waals surface area contributed by atoms with Crippen molar-refractivity contribution in [3.63, 3.8) is 0 Å². The van der Waals surface area contributed by atoms with Crippen molar-refractivity contribution in [1.82, 2.24) is 4.90 Å².